The van der Waals surface area contributed by atoms with Crippen LogP contribution in [0.25, 0.3) is 0 Å². The molecule has 1 heterocycles. The number of nitrogens with zero attached hydrogens (tertiary/aromatic N) is 2. The second kappa shape index (κ2) is 6.67. The molecular weight excluding hydrogens is 322 g/mol. The van der Waals surface area contributed by atoms with Crippen molar-refractivity contribution in [2.24, 2.45) is 0 Å². The van der Waals surface area contributed by atoms with Crippen molar-refractivity contribution in [1.82, 2.24) is 15.3 Å². The largest absolute Gasteiger partial charge is 0.480 e. The third-order valence-corrected chi connectivity index (χ3v) is 3.44. The van der Waals surface area contributed by atoms with Crippen LogP contribution in [0.1, 0.15) is 17.3 Å². The lowest BCUT2D eigenvalue weighted by molar-refractivity contribution is 0.353. The Bertz CT molecular complexity index is 575. The van der Waals surface area contributed by atoms with E-state index in [-0.39, 0.29) is 6.04 Å². The van der Waals surface area contributed by atoms with Crippen LogP contribution < -0.4 is 14.8 Å². The molecule has 1 N–H and O–H groups in total. The molecule has 0 saturated heterocycles. The zero-order valence-corrected chi connectivity index (χ0v) is 13.1. The van der Waals surface area contributed by atoms with Gasteiger partial charge in [0.2, 0.25) is 11.8 Å². The molecule has 6 heteroatoms. The first kappa shape index (κ1) is 14.7. The molecule has 1 aromatic heterocycles. The highest BCUT2D eigenvalue weighted by Gasteiger charge is 2.20. The summed E-state index contributed by atoms with van der Waals surface area (Å²) in [6.07, 6.45) is 1.58. The first-order valence-corrected chi connectivity index (χ1v) is 6.86. The van der Waals surface area contributed by atoms with Gasteiger partial charge in [0.15, 0.2) is 0 Å². The number of hydrogen-bond donors (Lipinski definition) is 1. The molecule has 1 aromatic carbocycles. The summed E-state index contributed by atoms with van der Waals surface area (Å²) in [6, 6.07) is 7.93. The lowest BCUT2D eigenvalue weighted by atomic mass is 10.0. The first-order valence-electron chi connectivity index (χ1n) is 6.07. The SMILES string of the molecule is CNC(c1ccc(Br)cc1)c1ncc(OC)nc1OC. The topological polar surface area (TPSA) is 56.3 Å². The fourth-order valence-corrected chi connectivity index (χ4v) is 2.19. The highest BCUT2D eigenvalue weighted by molar-refractivity contribution is 9.10. The van der Waals surface area contributed by atoms with E-state index in [1.807, 2.05) is 31.3 Å². The fourth-order valence-electron chi connectivity index (χ4n) is 1.93. The van der Waals surface area contributed by atoms with Crippen LogP contribution in [-0.4, -0.2) is 31.2 Å². The minimum atomic E-state index is -0.101. The molecule has 0 amide bonds. The van der Waals surface area contributed by atoms with Crippen LogP contribution in [0.5, 0.6) is 11.8 Å². The van der Waals surface area contributed by atoms with Crippen molar-refractivity contribution in [1.29, 1.82) is 0 Å². The Morgan fingerprint density at radius 3 is 2.40 bits per heavy atom. The van der Waals surface area contributed by atoms with Gasteiger partial charge in [0, 0.05) is 4.47 Å². The second-order valence-corrected chi connectivity index (χ2v) is 5.00. The van der Waals surface area contributed by atoms with Gasteiger partial charge in [0.25, 0.3) is 0 Å². The van der Waals surface area contributed by atoms with Crippen LogP contribution in [-0.2, 0) is 0 Å². The Kier molecular flexibility index (Phi) is 4.92. The molecule has 0 radical (unpaired) electrons. The Morgan fingerprint density at radius 1 is 1.15 bits per heavy atom. The summed E-state index contributed by atoms with van der Waals surface area (Å²) in [7, 11) is 4.99. The summed E-state index contributed by atoms with van der Waals surface area (Å²) in [5.41, 5.74) is 1.80. The van der Waals surface area contributed by atoms with Gasteiger partial charge < -0.3 is 14.8 Å². The maximum absolute atomic E-state index is 5.31. The van der Waals surface area contributed by atoms with Crippen molar-refractivity contribution in [3.63, 3.8) is 0 Å². The number of halogens is 1. The smallest absolute Gasteiger partial charge is 0.240 e. The van der Waals surface area contributed by atoms with Gasteiger partial charge >= 0.3 is 0 Å². The van der Waals surface area contributed by atoms with Gasteiger partial charge in [-0.2, -0.15) is 4.98 Å². The molecule has 0 aliphatic rings. The number of hydrogen-bond acceptors (Lipinski definition) is 5. The molecule has 0 saturated carbocycles. The highest BCUT2D eigenvalue weighted by Crippen LogP contribution is 2.28. The predicted octanol–water partition coefficient (Wildman–Crippen LogP) is 2.57. The van der Waals surface area contributed by atoms with Crippen molar-refractivity contribution in [3.05, 3.63) is 46.2 Å². The van der Waals surface area contributed by atoms with Gasteiger partial charge in [-0.1, -0.05) is 28.1 Å². The molecule has 0 aliphatic carbocycles. The summed E-state index contributed by atoms with van der Waals surface area (Å²) in [5.74, 6) is 0.878. The zero-order chi connectivity index (χ0) is 14.5. The highest BCUT2D eigenvalue weighted by atomic mass is 79.9. The minimum absolute atomic E-state index is 0.101. The van der Waals surface area contributed by atoms with Gasteiger partial charge in [-0.3, -0.25) is 0 Å². The number of benzene rings is 1. The molecular formula is C14H16BrN3O2. The van der Waals surface area contributed by atoms with Crippen LogP contribution in [0.15, 0.2) is 34.9 Å². The van der Waals surface area contributed by atoms with Crippen molar-refractivity contribution < 1.29 is 9.47 Å². The van der Waals surface area contributed by atoms with Gasteiger partial charge in [0.05, 0.1) is 26.5 Å². The normalized spacial score (nSPS) is 12.0. The summed E-state index contributed by atoms with van der Waals surface area (Å²) >= 11 is 3.43. The summed E-state index contributed by atoms with van der Waals surface area (Å²) < 4.78 is 11.4. The monoisotopic (exact) mass is 337 g/mol. The predicted molar refractivity (Wildman–Crippen MR) is 80.2 cm³/mol. The van der Waals surface area contributed by atoms with Crippen molar-refractivity contribution in [3.8, 4) is 11.8 Å². The Labute approximate surface area is 126 Å². The van der Waals surface area contributed by atoms with Crippen LogP contribution in [0.3, 0.4) is 0 Å². The fraction of sp³-hybridized carbons (Fsp3) is 0.286. The molecule has 2 rings (SSSR count). The number of ether oxygens (including phenoxy) is 2. The van der Waals surface area contributed by atoms with E-state index in [2.05, 4.69) is 31.2 Å². The Hall–Kier alpha value is -1.66. The lowest BCUT2D eigenvalue weighted by Crippen LogP contribution is -2.20. The van der Waals surface area contributed by atoms with Crippen LogP contribution >= 0.6 is 15.9 Å². The Morgan fingerprint density at radius 2 is 1.85 bits per heavy atom. The van der Waals surface area contributed by atoms with E-state index in [0.29, 0.717) is 11.8 Å². The number of methoxy groups -OCH3 is 2. The first-order chi connectivity index (χ1) is 9.69. The molecule has 5 nitrogen and oxygen atoms in total. The molecule has 1 atom stereocenters. The van der Waals surface area contributed by atoms with E-state index in [9.17, 15) is 0 Å². The third kappa shape index (κ3) is 3.08. The van der Waals surface area contributed by atoms with Crippen molar-refractivity contribution in [2.75, 3.05) is 21.3 Å². The van der Waals surface area contributed by atoms with E-state index in [1.54, 1.807) is 20.4 Å². The molecule has 2 aromatic rings. The van der Waals surface area contributed by atoms with E-state index in [4.69, 9.17) is 9.47 Å². The molecule has 0 fully saturated rings. The third-order valence-electron chi connectivity index (χ3n) is 2.91. The summed E-state index contributed by atoms with van der Waals surface area (Å²) in [6.45, 7) is 0. The summed E-state index contributed by atoms with van der Waals surface area (Å²) in [4.78, 5) is 8.67. The average molecular weight is 338 g/mol. The quantitative estimate of drug-likeness (QED) is 0.908. The van der Waals surface area contributed by atoms with Gasteiger partial charge in [-0.05, 0) is 24.7 Å². The van der Waals surface area contributed by atoms with Crippen LogP contribution in [0, 0.1) is 0 Å². The maximum Gasteiger partial charge on any atom is 0.240 e. The molecule has 1 unspecified atom stereocenters. The van der Waals surface area contributed by atoms with Crippen LogP contribution in [0.4, 0.5) is 0 Å². The molecule has 0 aliphatic heterocycles. The van der Waals surface area contributed by atoms with Crippen LogP contribution in [0.2, 0.25) is 0 Å². The Balaban J connectivity index is 2.43. The zero-order valence-electron chi connectivity index (χ0n) is 11.6. The molecule has 0 bridgehead atoms. The molecule has 106 valence electrons. The van der Waals surface area contributed by atoms with Gasteiger partial charge in [-0.15, -0.1) is 0 Å². The van der Waals surface area contributed by atoms with Crippen molar-refractivity contribution >= 4 is 15.9 Å². The van der Waals surface area contributed by atoms with E-state index in [1.165, 1.54) is 0 Å². The van der Waals surface area contributed by atoms with E-state index in [0.717, 1.165) is 15.7 Å². The van der Waals surface area contributed by atoms with Gasteiger partial charge in [0.1, 0.15) is 5.69 Å². The molecule has 20 heavy (non-hydrogen) atoms. The number of aromatic nitrogens is 2. The second-order valence-electron chi connectivity index (χ2n) is 4.08. The average Bonchev–Trinajstić information content (AvgIpc) is 2.50. The number of nitrogens with one attached hydrogen (secondary N) is 1. The summed E-state index contributed by atoms with van der Waals surface area (Å²) in [5, 5.41) is 3.23. The molecule has 0 spiro atoms. The number of rotatable bonds is 5. The van der Waals surface area contributed by atoms with E-state index < -0.39 is 0 Å². The maximum atomic E-state index is 5.31. The lowest BCUT2D eigenvalue weighted by Gasteiger charge is -2.18. The minimum Gasteiger partial charge on any atom is -0.480 e. The van der Waals surface area contributed by atoms with Gasteiger partial charge in [-0.25, -0.2) is 4.98 Å². The van der Waals surface area contributed by atoms with E-state index >= 15 is 0 Å². The standard InChI is InChI=1S/C14H16BrN3O2/c1-16-12(9-4-6-10(15)7-5-9)13-14(20-3)18-11(19-2)8-17-13/h4-8,12,16H,1-3H3. The van der Waals surface area contributed by atoms with Crippen molar-refractivity contribution in [2.45, 2.75) is 6.04 Å².